The zero-order chi connectivity index (χ0) is 7.56. The molecule has 0 aliphatic rings. The Morgan fingerprint density at radius 2 is 2.36 bits per heavy atom. The zero-order valence-electron chi connectivity index (χ0n) is 5.66. The Labute approximate surface area is 62.0 Å². The molecular formula is C5H9N3O3. The highest BCUT2D eigenvalue weighted by Gasteiger charge is 1.96. The fourth-order valence-electron chi connectivity index (χ4n) is 0.560. The number of aromatic nitrogens is 2. The van der Waals surface area contributed by atoms with Crippen LogP contribution in [0, 0.1) is 0 Å². The maximum atomic E-state index is 10.4. The van der Waals surface area contributed by atoms with Gasteiger partial charge in [0.05, 0.1) is 6.61 Å². The van der Waals surface area contributed by atoms with Gasteiger partial charge in [-0.15, -0.1) is 0 Å². The second kappa shape index (κ2) is 3.69. The largest absolute Gasteiger partial charge is 0.412 e. The summed E-state index contributed by atoms with van der Waals surface area (Å²) in [6.07, 6.45) is 1.24. The number of nitrogens with one attached hydrogen (secondary N) is 1. The van der Waals surface area contributed by atoms with Crippen LogP contribution in [-0.4, -0.2) is 20.6 Å². The monoisotopic (exact) mass is 159 g/mol. The van der Waals surface area contributed by atoms with E-state index in [2.05, 4.69) is 9.97 Å². The summed E-state index contributed by atoms with van der Waals surface area (Å²) >= 11 is 0. The Morgan fingerprint density at radius 1 is 1.73 bits per heavy atom. The number of nitrogens with two attached hydrogens (primary N) is 1. The smallest absolute Gasteiger partial charge is 0.346 e. The maximum Gasteiger partial charge on any atom is 0.346 e. The molecule has 0 aliphatic carbocycles. The molecule has 0 radical (unpaired) electrons. The van der Waals surface area contributed by atoms with Gasteiger partial charge in [-0.05, 0) is 0 Å². The number of nitrogens with zero attached hydrogens (tertiary/aromatic N) is 1. The average molecular weight is 159 g/mol. The molecule has 0 aromatic carbocycles. The van der Waals surface area contributed by atoms with Crippen molar-refractivity contribution in [1.82, 2.24) is 9.97 Å². The third-order valence-corrected chi connectivity index (χ3v) is 1.10. The van der Waals surface area contributed by atoms with Crippen LogP contribution in [0.25, 0.3) is 0 Å². The third kappa shape index (κ3) is 2.03. The van der Waals surface area contributed by atoms with Gasteiger partial charge in [0.15, 0.2) is 0 Å². The molecule has 11 heavy (non-hydrogen) atoms. The number of hydrogen-bond acceptors (Lipinski definition) is 4. The van der Waals surface area contributed by atoms with Crippen molar-refractivity contribution in [2.75, 3.05) is 5.73 Å². The molecule has 0 unspecified atom stereocenters. The number of aromatic amines is 1. The summed E-state index contributed by atoms with van der Waals surface area (Å²) in [7, 11) is 0. The molecule has 0 aliphatic heterocycles. The molecule has 6 N–H and O–H groups in total. The van der Waals surface area contributed by atoms with E-state index in [1.54, 1.807) is 0 Å². The molecule has 1 heterocycles. The number of nitrogen functional groups attached to an aromatic ring is 1. The lowest BCUT2D eigenvalue weighted by atomic mass is 10.3. The number of hydrogen-bond donors (Lipinski definition) is 3. The van der Waals surface area contributed by atoms with E-state index >= 15 is 0 Å². The van der Waals surface area contributed by atoms with Crippen LogP contribution in [0.2, 0.25) is 0 Å². The molecule has 6 nitrogen and oxygen atoms in total. The van der Waals surface area contributed by atoms with Crippen LogP contribution in [0.4, 0.5) is 5.82 Å². The van der Waals surface area contributed by atoms with Crippen molar-refractivity contribution < 1.29 is 10.6 Å². The molecule has 0 amide bonds. The Kier molecular flexibility index (Phi) is 3.22. The molecule has 1 aromatic heterocycles. The molecule has 1 rings (SSSR count). The van der Waals surface area contributed by atoms with E-state index in [1.807, 2.05) is 0 Å². The van der Waals surface area contributed by atoms with Crippen LogP contribution in [0.15, 0.2) is 11.0 Å². The van der Waals surface area contributed by atoms with Gasteiger partial charge in [0.1, 0.15) is 5.82 Å². The highest BCUT2D eigenvalue weighted by molar-refractivity contribution is 5.35. The van der Waals surface area contributed by atoms with Crippen LogP contribution in [0.1, 0.15) is 5.56 Å². The molecule has 0 saturated carbocycles. The Morgan fingerprint density at radius 3 is 2.82 bits per heavy atom. The van der Waals surface area contributed by atoms with Gasteiger partial charge in [-0.2, -0.15) is 0 Å². The lowest BCUT2D eigenvalue weighted by Crippen LogP contribution is -2.13. The zero-order valence-corrected chi connectivity index (χ0v) is 5.66. The summed E-state index contributed by atoms with van der Waals surface area (Å²) in [5.41, 5.74) is 5.20. The molecular weight excluding hydrogens is 150 g/mol. The van der Waals surface area contributed by atoms with E-state index < -0.39 is 5.69 Å². The number of aliphatic hydroxyl groups excluding tert-OH is 1. The third-order valence-electron chi connectivity index (χ3n) is 1.10. The summed E-state index contributed by atoms with van der Waals surface area (Å²) in [5, 5.41) is 8.57. The van der Waals surface area contributed by atoms with Crippen LogP contribution in [-0.2, 0) is 6.61 Å². The summed E-state index contributed by atoms with van der Waals surface area (Å²) in [6.45, 7) is -0.213. The average Bonchev–Trinajstić information content (AvgIpc) is 1.88. The quantitative estimate of drug-likeness (QED) is 0.439. The van der Waals surface area contributed by atoms with Crippen molar-refractivity contribution in [2.45, 2.75) is 6.61 Å². The molecule has 1 aromatic rings. The minimum absolute atomic E-state index is 0. The van der Waals surface area contributed by atoms with E-state index in [0.29, 0.717) is 5.56 Å². The molecule has 0 fully saturated rings. The van der Waals surface area contributed by atoms with Gasteiger partial charge < -0.3 is 16.3 Å². The van der Waals surface area contributed by atoms with E-state index in [9.17, 15) is 4.79 Å². The highest BCUT2D eigenvalue weighted by Crippen LogP contribution is 2.00. The van der Waals surface area contributed by atoms with E-state index in [-0.39, 0.29) is 17.9 Å². The fourth-order valence-corrected chi connectivity index (χ4v) is 0.560. The molecule has 6 heteroatoms. The second-order valence-corrected chi connectivity index (χ2v) is 1.79. The van der Waals surface area contributed by atoms with Gasteiger partial charge in [0.2, 0.25) is 0 Å². The van der Waals surface area contributed by atoms with Crippen LogP contribution in [0.3, 0.4) is 0 Å². The molecule has 0 atom stereocenters. The molecule has 0 bridgehead atoms. The van der Waals surface area contributed by atoms with Crippen LogP contribution < -0.4 is 11.4 Å². The number of aliphatic hydroxyl groups is 1. The molecule has 62 valence electrons. The van der Waals surface area contributed by atoms with Crippen molar-refractivity contribution in [3.05, 3.63) is 22.2 Å². The topological polar surface area (TPSA) is 124 Å². The predicted octanol–water partition coefficient (Wildman–Crippen LogP) is -1.98. The summed E-state index contributed by atoms with van der Waals surface area (Å²) in [5.74, 6) is 0.169. The fraction of sp³-hybridized carbons (Fsp3) is 0.200. The lowest BCUT2D eigenvalue weighted by Gasteiger charge is -1.97. The summed E-state index contributed by atoms with van der Waals surface area (Å²) in [4.78, 5) is 16.0. The summed E-state index contributed by atoms with van der Waals surface area (Å²) < 4.78 is 0. The predicted molar refractivity (Wildman–Crippen MR) is 38.8 cm³/mol. The SMILES string of the molecule is Nc1[nH]c(=O)ncc1CO.O. The van der Waals surface area contributed by atoms with Crippen LogP contribution >= 0.6 is 0 Å². The Bertz CT molecular complexity index is 283. The first kappa shape index (κ1) is 9.60. The summed E-state index contributed by atoms with van der Waals surface area (Å²) in [6, 6.07) is 0. The highest BCUT2D eigenvalue weighted by atomic mass is 16.3. The van der Waals surface area contributed by atoms with Gasteiger partial charge in [-0.25, -0.2) is 9.78 Å². The van der Waals surface area contributed by atoms with Crippen molar-refractivity contribution in [2.24, 2.45) is 0 Å². The van der Waals surface area contributed by atoms with Gasteiger partial charge in [-0.1, -0.05) is 0 Å². The van der Waals surface area contributed by atoms with Crippen molar-refractivity contribution in [3.63, 3.8) is 0 Å². The first-order chi connectivity index (χ1) is 4.74. The Hall–Kier alpha value is -1.40. The first-order valence-corrected chi connectivity index (χ1v) is 2.68. The van der Waals surface area contributed by atoms with Gasteiger partial charge in [0.25, 0.3) is 0 Å². The number of rotatable bonds is 1. The van der Waals surface area contributed by atoms with Crippen molar-refractivity contribution in [1.29, 1.82) is 0 Å². The maximum absolute atomic E-state index is 10.4. The minimum atomic E-state index is -0.505. The normalized spacial score (nSPS) is 8.82. The van der Waals surface area contributed by atoms with Gasteiger partial charge in [0, 0.05) is 11.8 Å². The molecule has 0 spiro atoms. The van der Waals surface area contributed by atoms with Crippen molar-refractivity contribution in [3.8, 4) is 0 Å². The van der Waals surface area contributed by atoms with E-state index in [4.69, 9.17) is 10.8 Å². The minimum Gasteiger partial charge on any atom is -0.412 e. The molecule has 0 saturated heterocycles. The number of H-pyrrole nitrogens is 1. The second-order valence-electron chi connectivity index (χ2n) is 1.79. The van der Waals surface area contributed by atoms with Crippen LogP contribution in [0.5, 0.6) is 0 Å². The number of anilines is 1. The van der Waals surface area contributed by atoms with E-state index in [0.717, 1.165) is 0 Å². The lowest BCUT2D eigenvalue weighted by molar-refractivity contribution is 0.281. The van der Waals surface area contributed by atoms with Gasteiger partial charge in [-0.3, -0.25) is 4.98 Å². The van der Waals surface area contributed by atoms with Gasteiger partial charge >= 0.3 is 5.69 Å². The standard InChI is InChI=1S/C5H7N3O2.H2O/c6-4-3(2-9)1-7-5(10)8-4;/h1,9H,2H2,(H3,6,7,8,10);1H2. The Balaban J connectivity index is 0.000001000. The van der Waals surface area contributed by atoms with E-state index in [1.165, 1.54) is 6.20 Å². The van der Waals surface area contributed by atoms with Crippen molar-refractivity contribution >= 4 is 5.82 Å². The first-order valence-electron chi connectivity index (χ1n) is 2.68.